The molecule has 1 aliphatic rings. The summed E-state index contributed by atoms with van der Waals surface area (Å²) in [6.45, 7) is 3.78. The zero-order chi connectivity index (χ0) is 15.2. The number of benzene rings is 1. The van der Waals surface area contributed by atoms with Gasteiger partial charge in [-0.25, -0.2) is 0 Å². The molecule has 116 valence electrons. The second-order valence-corrected chi connectivity index (χ2v) is 4.93. The van der Waals surface area contributed by atoms with Gasteiger partial charge in [0.05, 0.1) is 6.04 Å². The van der Waals surface area contributed by atoms with Gasteiger partial charge in [-0.1, -0.05) is 6.07 Å². The topological polar surface area (TPSA) is 74.0 Å². The number of nitrogens with two attached hydrogens (primary N) is 1. The van der Waals surface area contributed by atoms with Crippen molar-refractivity contribution in [2.45, 2.75) is 25.9 Å². The highest BCUT2D eigenvalue weighted by Crippen LogP contribution is 2.32. The maximum Gasteiger partial charge on any atom is 0.239 e. The minimum atomic E-state index is -0.529. The van der Waals surface area contributed by atoms with Crippen LogP contribution in [0.15, 0.2) is 18.2 Å². The molecule has 1 unspecified atom stereocenters. The van der Waals surface area contributed by atoms with Crippen molar-refractivity contribution in [3.63, 3.8) is 0 Å². The van der Waals surface area contributed by atoms with E-state index in [-0.39, 0.29) is 12.7 Å². The normalized spacial score (nSPS) is 14.0. The Morgan fingerprint density at radius 2 is 2.19 bits per heavy atom. The number of nitrogens with zero attached hydrogens (tertiary/aromatic N) is 1. The third kappa shape index (κ3) is 3.86. The predicted molar refractivity (Wildman–Crippen MR) is 78.1 cm³/mol. The molecule has 0 saturated heterocycles. The average molecular weight is 294 g/mol. The Morgan fingerprint density at radius 3 is 2.90 bits per heavy atom. The van der Waals surface area contributed by atoms with Gasteiger partial charge in [-0.2, -0.15) is 0 Å². The summed E-state index contributed by atoms with van der Waals surface area (Å²) in [7, 11) is 1.60. The molecule has 0 fully saturated rings. The highest BCUT2D eigenvalue weighted by atomic mass is 16.7. The first-order valence-corrected chi connectivity index (χ1v) is 7.07. The van der Waals surface area contributed by atoms with Gasteiger partial charge in [0.1, 0.15) is 0 Å². The summed E-state index contributed by atoms with van der Waals surface area (Å²) in [5, 5.41) is 0. The molecule has 1 aromatic carbocycles. The monoisotopic (exact) mass is 294 g/mol. The van der Waals surface area contributed by atoms with Crippen molar-refractivity contribution < 1.29 is 19.0 Å². The molecule has 0 aromatic heterocycles. The van der Waals surface area contributed by atoms with E-state index in [4.69, 9.17) is 19.9 Å². The summed E-state index contributed by atoms with van der Waals surface area (Å²) in [5.41, 5.74) is 6.90. The number of methoxy groups -OCH3 is 1. The molecular weight excluding hydrogens is 272 g/mol. The number of hydrogen-bond donors (Lipinski definition) is 1. The second-order valence-electron chi connectivity index (χ2n) is 4.93. The molecule has 0 spiro atoms. The van der Waals surface area contributed by atoms with Crippen molar-refractivity contribution in [1.29, 1.82) is 0 Å². The number of carbonyl (C=O) groups is 1. The Kier molecular flexibility index (Phi) is 5.41. The summed E-state index contributed by atoms with van der Waals surface area (Å²) < 4.78 is 15.6. The van der Waals surface area contributed by atoms with Crippen LogP contribution in [0.3, 0.4) is 0 Å². The van der Waals surface area contributed by atoms with Crippen LogP contribution in [0.1, 0.15) is 18.9 Å². The van der Waals surface area contributed by atoms with E-state index in [1.54, 1.807) is 12.0 Å². The van der Waals surface area contributed by atoms with E-state index in [0.717, 1.165) is 17.1 Å². The number of rotatable bonds is 7. The lowest BCUT2D eigenvalue weighted by Crippen LogP contribution is -2.43. The number of likely N-dealkylation sites (N-methyl/N-ethyl adjacent to an activating group) is 1. The van der Waals surface area contributed by atoms with E-state index in [9.17, 15) is 4.79 Å². The van der Waals surface area contributed by atoms with Crippen molar-refractivity contribution >= 4 is 5.91 Å². The zero-order valence-corrected chi connectivity index (χ0v) is 12.5. The first-order valence-electron chi connectivity index (χ1n) is 7.07. The molecule has 1 amide bonds. The van der Waals surface area contributed by atoms with E-state index < -0.39 is 6.04 Å². The van der Waals surface area contributed by atoms with Gasteiger partial charge in [0.25, 0.3) is 0 Å². The molecule has 2 rings (SSSR count). The Labute approximate surface area is 124 Å². The van der Waals surface area contributed by atoms with Gasteiger partial charge in [0, 0.05) is 26.8 Å². The van der Waals surface area contributed by atoms with Crippen LogP contribution in [0.25, 0.3) is 0 Å². The van der Waals surface area contributed by atoms with Crippen molar-refractivity contribution in [3.05, 3.63) is 23.8 Å². The zero-order valence-electron chi connectivity index (χ0n) is 12.5. The Balaban J connectivity index is 1.99. The fourth-order valence-electron chi connectivity index (χ4n) is 2.21. The predicted octanol–water partition coefficient (Wildman–Crippen LogP) is 1.13. The van der Waals surface area contributed by atoms with E-state index in [2.05, 4.69) is 0 Å². The quantitative estimate of drug-likeness (QED) is 0.816. The largest absolute Gasteiger partial charge is 0.454 e. The van der Waals surface area contributed by atoms with Crippen LogP contribution in [0.5, 0.6) is 11.5 Å². The highest BCUT2D eigenvalue weighted by Gasteiger charge is 2.21. The van der Waals surface area contributed by atoms with E-state index in [1.807, 2.05) is 25.1 Å². The molecule has 1 aliphatic heterocycles. The smallest absolute Gasteiger partial charge is 0.239 e. The van der Waals surface area contributed by atoms with Gasteiger partial charge >= 0.3 is 0 Å². The van der Waals surface area contributed by atoms with Crippen molar-refractivity contribution in [2.24, 2.45) is 5.73 Å². The first kappa shape index (κ1) is 15.6. The van der Waals surface area contributed by atoms with E-state index in [1.165, 1.54) is 0 Å². The first-order chi connectivity index (χ1) is 10.2. The Morgan fingerprint density at radius 1 is 1.43 bits per heavy atom. The molecule has 1 heterocycles. The molecule has 6 nitrogen and oxygen atoms in total. The number of carbonyl (C=O) groups excluding carboxylic acids is 1. The van der Waals surface area contributed by atoms with Crippen LogP contribution in [-0.2, 0) is 16.1 Å². The molecule has 0 bridgehead atoms. The van der Waals surface area contributed by atoms with Crippen LogP contribution in [0.4, 0.5) is 0 Å². The average Bonchev–Trinajstić information content (AvgIpc) is 2.97. The maximum absolute atomic E-state index is 12.3. The molecular formula is C15H22N2O4. The van der Waals surface area contributed by atoms with Gasteiger partial charge in [-0.05, 0) is 31.0 Å². The molecule has 0 aliphatic carbocycles. The maximum atomic E-state index is 12.3. The lowest BCUT2D eigenvalue weighted by atomic mass is 10.1. The Hall–Kier alpha value is -1.79. The van der Waals surface area contributed by atoms with Gasteiger partial charge < -0.3 is 24.8 Å². The van der Waals surface area contributed by atoms with Gasteiger partial charge in [-0.3, -0.25) is 4.79 Å². The van der Waals surface area contributed by atoms with Crippen LogP contribution < -0.4 is 15.2 Å². The summed E-state index contributed by atoms with van der Waals surface area (Å²) in [6.07, 6.45) is 0.521. The summed E-state index contributed by atoms with van der Waals surface area (Å²) in [4.78, 5) is 14.0. The van der Waals surface area contributed by atoms with Crippen LogP contribution in [0.2, 0.25) is 0 Å². The van der Waals surface area contributed by atoms with E-state index >= 15 is 0 Å². The lowest BCUT2D eigenvalue weighted by molar-refractivity contribution is -0.133. The van der Waals surface area contributed by atoms with Crippen molar-refractivity contribution in [2.75, 3.05) is 27.1 Å². The SMILES string of the molecule is CCN(Cc1ccc2c(c1)OCO2)C(=O)C(N)CCOC. The van der Waals surface area contributed by atoms with Crippen molar-refractivity contribution in [1.82, 2.24) is 4.90 Å². The minimum Gasteiger partial charge on any atom is -0.454 e. The fraction of sp³-hybridized carbons (Fsp3) is 0.533. The van der Waals surface area contributed by atoms with Crippen LogP contribution in [-0.4, -0.2) is 43.9 Å². The molecule has 0 radical (unpaired) electrons. The number of ether oxygens (including phenoxy) is 3. The number of hydrogen-bond acceptors (Lipinski definition) is 5. The molecule has 2 N–H and O–H groups in total. The van der Waals surface area contributed by atoms with Gasteiger partial charge in [-0.15, -0.1) is 0 Å². The number of fused-ring (bicyclic) bond motifs is 1. The molecule has 1 aromatic rings. The van der Waals surface area contributed by atoms with E-state index in [0.29, 0.717) is 26.1 Å². The molecule has 21 heavy (non-hydrogen) atoms. The third-order valence-corrected chi connectivity index (χ3v) is 3.45. The van der Waals surface area contributed by atoms with Gasteiger partial charge in [0.15, 0.2) is 11.5 Å². The van der Waals surface area contributed by atoms with Crippen LogP contribution >= 0.6 is 0 Å². The summed E-state index contributed by atoms with van der Waals surface area (Å²) in [6, 6.07) is 5.17. The van der Waals surface area contributed by atoms with Crippen LogP contribution in [0, 0.1) is 0 Å². The highest BCUT2D eigenvalue weighted by molar-refractivity contribution is 5.81. The molecule has 1 atom stereocenters. The summed E-state index contributed by atoms with van der Waals surface area (Å²) in [5.74, 6) is 1.40. The van der Waals surface area contributed by atoms with Gasteiger partial charge in [0.2, 0.25) is 12.7 Å². The standard InChI is InChI=1S/C15H22N2O4/c1-3-17(15(18)12(16)6-7-19-2)9-11-4-5-13-14(8-11)21-10-20-13/h4-5,8,12H,3,6-7,9-10,16H2,1-2H3. The number of amides is 1. The minimum absolute atomic E-state index is 0.0628. The third-order valence-electron chi connectivity index (χ3n) is 3.45. The molecule has 6 heteroatoms. The molecule has 0 saturated carbocycles. The van der Waals surface area contributed by atoms with Crippen molar-refractivity contribution in [3.8, 4) is 11.5 Å². The lowest BCUT2D eigenvalue weighted by Gasteiger charge is -2.24. The summed E-state index contributed by atoms with van der Waals surface area (Å²) >= 11 is 0. The fourth-order valence-corrected chi connectivity index (χ4v) is 2.21. The Bertz CT molecular complexity index is 493. The second kappa shape index (κ2) is 7.28.